The van der Waals surface area contributed by atoms with Crippen LogP contribution in [0, 0.1) is 19.3 Å². The van der Waals surface area contributed by atoms with Gasteiger partial charge in [0.05, 0.1) is 25.5 Å². The Bertz CT molecular complexity index is 702. The van der Waals surface area contributed by atoms with E-state index in [1.807, 2.05) is 18.7 Å². The summed E-state index contributed by atoms with van der Waals surface area (Å²) in [7, 11) is 2.10. The largest absolute Gasteiger partial charge is 0.490 e. The van der Waals surface area contributed by atoms with Gasteiger partial charge in [0.15, 0.2) is 0 Å². The first kappa shape index (κ1) is 22.2. The zero-order valence-electron chi connectivity index (χ0n) is 16.0. The average Bonchev–Trinajstić information content (AvgIpc) is 2.97. The lowest BCUT2D eigenvalue weighted by Crippen LogP contribution is -2.39. The second kappa shape index (κ2) is 8.48. The molecule has 2 aliphatic heterocycles. The highest BCUT2D eigenvalue weighted by molar-refractivity contribution is 5.79. The molecule has 28 heavy (non-hydrogen) atoms. The summed E-state index contributed by atoms with van der Waals surface area (Å²) in [5.74, 6) is -1.75. The molecule has 0 radical (unpaired) electrons. The third kappa shape index (κ3) is 5.44. The first-order valence-corrected chi connectivity index (χ1v) is 8.69. The SMILES string of the molecule is Cc1noc(C)c1CN1CC2(COCCN(C)C2)CC1=O.O=C(O)C(F)(F)F. The quantitative estimate of drug-likeness (QED) is 0.796. The standard InChI is InChI=1S/C15H23N3O3.C2HF3O2/c1-11-13(12(2)21-16-11)7-18-9-15(6-14(18)19)8-17(3)4-5-20-10-15;3-2(4,5)1(6)7/h4-10H2,1-3H3;(H,6,7). The van der Waals surface area contributed by atoms with E-state index in [0.717, 1.165) is 43.3 Å². The van der Waals surface area contributed by atoms with Crippen LogP contribution in [0.3, 0.4) is 0 Å². The number of halogens is 3. The molecule has 0 aliphatic carbocycles. The van der Waals surface area contributed by atoms with Crippen molar-refractivity contribution >= 4 is 11.9 Å². The first-order chi connectivity index (χ1) is 12.9. The summed E-state index contributed by atoms with van der Waals surface area (Å²) in [6.07, 6.45) is -4.51. The van der Waals surface area contributed by atoms with E-state index in [2.05, 4.69) is 17.1 Å². The highest BCUT2D eigenvalue weighted by Gasteiger charge is 2.45. The van der Waals surface area contributed by atoms with Gasteiger partial charge in [0, 0.05) is 37.0 Å². The van der Waals surface area contributed by atoms with E-state index in [1.165, 1.54) is 0 Å². The summed E-state index contributed by atoms with van der Waals surface area (Å²) in [5.41, 5.74) is 1.83. The fraction of sp³-hybridized carbons (Fsp3) is 0.706. The molecule has 1 atom stereocenters. The molecule has 11 heteroatoms. The van der Waals surface area contributed by atoms with Gasteiger partial charge < -0.3 is 24.2 Å². The van der Waals surface area contributed by atoms with Gasteiger partial charge in [-0.1, -0.05) is 5.16 Å². The monoisotopic (exact) mass is 407 g/mol. The number of carbonyl (C=O) groups is 2. The summed E-state index contributed by atoms with van der Waals surface area (Å²) in [5, 5.41) is 11.1. The van der Waals surface area contributed by atoms with Crippen LogP contribution in [0.25, 0.3) is 0 Å². The third-order valence-electron chi connectivity index (χ3n) is 4.81. The molecule has 1 N–H and O–H groups in total. The summed E-state index contributed by atoms with van der Waals surface area (Å²) in [4.78, 5) is 25.5. The Balaban J connectivity index is 0.000000345. The van der Waals surface area contributed by atoms with Crippen molar-refractivity contribution in [3.8, 4) is 0 Å². The number of likely N-dealkylation sites (tertiary alicyclic amines) is 1. The van der Waals surface area contributed by atoms with Gasteiger partial charge in [-0.3, -0.25) is 4.79 Å². The molecule has 1 aromatic heterocycles. The molecule has 0 saturated carbocycles. The first-order valence-electron chi connectivity index (χ1n) is 8.69. The molecule has 1 unspecified atom stereocenters. The average molecular weight is 407 g/mol. The topological polar surface area (TPSA) is 96.1 Å². The molecular formula is C17H24F3N3O5. The van der Waals surface area contributed by atoms with Crippen molar-refractivity contribution in [3.05, 3.63) is 17.0 Å². The van der Waals surface area contributed by atoms with Crippen LogP contribution < -0.4 is 0 Å². The van der Waals surface area contributed by atoms with E-state index in [-0.39, 0.29) is 11.3 Å². The Morgan fingerprint density at radius 3 is 2.50 bits per heavy atom. The normalized spacial score (nSPS) is 23.5. The van der Waals surface area contributed by atoms with Gasteiger partial charge in [0.1, 0.15) is 5.76 Å². The summed E-state index contributed by atoms with van der Waals surface area (Å²) in [6.45, 7) is 8.42. The highest BCUT2D eigenvalue weighted by atomic mass is 19.4. The van der Waals surface area contributed by atoms with Crippen LogP contribution in [0.1, 0.15) is 23.4 Å². The smallest absolute Gasteiger partial charge is 0.475 e. The van der Waals surface area contributed by atoms with Gasteiger partial charge in [-0.25, -0.2) is 4.79 Å². The number of aromatic nitrogens is 1. The second-order valence-corrected chi connectivity index (χ2v) is 7.32. The molecule has 0 aromatic carbocycles. The molecule has 0 bridgehead atoms. The fourth-order valence-electron chi connectivity index (χ4n) is 3.45. The van der Waals surface area contributed by atoms with Crippen molar-refractivity contribution < 1.29 is 37.1 Å². The molecule has 2 saturated heterocycles. The Labute approximate surface area is 160 Å². The predicted molar refractivity (Wildman–Crippen MR) is 90.5 cm³/mol. The number of nitrogens with zero attached hydrogens (tertiary/aromatic N) is 3. The number of carbonyl (C=O) groups excluding carboxylic acids is 1. The lowest BCUT2D eigenvalue weighted by atomic mass is 9.87. The predicted octanol–water partition coefficient (Wildman–Crippen LogP) is 1.61. The maximum atomic E-state index is 12.4. The number of ether oxygens (including phenoxy) is 1. The number of hydrogen-bond acceptors (Lipinski definition) is 6. The van der Waals surface area contributed by atoms with Gasteiger partial charge in [0.2, 0.25) is 5.91 Å². The van der Waals surface area contributed by atoms with Crippen LogP contribution in [-0.4, -0.2) is 78.0 Å². The minimum atomic E-state index is -5.08. The Morgan fingerprint density at radius 1 is 1.32 bits per heavy atom. The highest BCUT2D eigenvalue weighted by Crippen LogP contribution is 2.35. The molecule has 8 nitrogen and oxygen atoms in total. The number of alkyl halides is 3. The van der Waals surface area contributed by atoms with E-state index in [4.69, 9.17) is 19.2 Å². The van der Waals surface area contributed by atoms with Gasteiger partial charge in [-0.15, -0.1) is 0 Å². The summed E-state index contributed by atoms with van der Waals surface area (Å²) in [6, 6.07) is 0. The molecule has 1 aromatic rings. The minimum Gasteiger partial charge on any atom is -0.475 e. The van der Waals surface area contributed by atoms with Crippen molar-refractivity contribution in [2.24, 2.45) is 5.41 Å². The van der Waals surface area contributed by atoms with Crippen LogP contribution in [0.15, 0.2) is 4.52 Å². The Morgan fingerprint density at radius 2 is 1.96 bits per heavy atom. The second-order valence-electron chi connectivity index (χ2n) is 7.32. The molecule has 3 rings (SSSR count). The van der Waals surface area contributed by atoms with Crippen molar-refractivity contribution in [3.63, 3.8) is 0 Å². The number of rotatable bonds is 2. The maximum Gasteiger partial charge on any atom is 0.490 e. The molecule has 1 spiro atoms. The van der Waals surface area contributed by atoms with E-state index < -0.39 is 12.1 Å². The number of aliphatic carboxylic acids is 1. The number of carboxylic acids is 1. The van der Waals surface area contributed by atoms with Crippen LogP contribution in [-0.2, 0) is 20.9 Å². The van der Waals surface area contributed by atoms with E-state index in [1.54, 1.807) is 0 Å². The number of amides is 1. The van der Waals surface area contributed by atoms with E-state index >= 15 is 0 Å². The van der Waals surface area contributed by atoms with Gasteiger partial charge >= 0.3 is 12.1 Å². The lowest BCUT2D eigenvalue weighted by Gasteiger charge is -2.29. The molecule has 3 heterocycles. The molecule has 1 amide bonds. The van der Waals surface area contributed by atoms with E-state index in [9.17, 15) is 18.0 Å². The number of aryl methyl sites for hydroxylation is 2. The van der Waals surface area contributed by atoms with Crippen LogP contribution in [0.5, 0.6) is 0 Å². The van der Waals surface area contributed by atoms with Crippen molar-refractivity contribution in [1.29, 1.82) is 0 Å². The maximum absolute atomic E-state index is 12.4. The zero-order chi connectivity index (χ0) is 21.1. The van der Waals surface area contributed by atoms with Crippen LogP contribution in [0.4, 0.5) is 13.2 Å². The van der Waals surface area contributed by atoms with Crippen LogP contribution in [0.2, 0.25) is 0 Å². The fourth-order valence-corrected chi connectivity index (χ4v) is 3.45. The Hall–Kier alpha value is -2.14. The van der Waals surface area contributed by atoms with Crippen molar-refractivity contribution in [2.45, 2.75) is 33.0 Å². The third-order valence-corrected chi connectivity index (χ3v) is 4.81. The van der Waals surface area contributed by atoms with E-state index in [0.29, 0.717) is 19.6 Å². The minimum absolute atomic E-state index is 0.0681. The molecule has 2 aliphatic rings. The Kier molecular flexibility index (Phi) is 6.71. The van der Waals surface area contributed by atoms with Gasteiger partial charge in [0.25, 0.3) is 0 Å². The van der Waals surface area contributed by atoms with Crippen molar-refractivity contribution in [1.82, 2.24) is 15.0 Å². The van der Waals surface area contributed by atoms with Crippen molar-refractivity contribution in [2.75, 3.05) is 39.9 Å². The summed E-state index contributed by atoms with van der Waals surface area (Å²) < 4.78 is 42.7. The number of hydrogen-bond donors (Lipinski definition) is 1. The molecule has 158 valence electrons. The molecular weight excluding hydrogens is 383 g/mol. The molecule has 2 fully saturated rings. The number of likely N-dealkylation sites (N-methyl/N-ethyl adjacent to an activating group) is 1. The zero-order valence-corrected chi connectivity index (χ0v) is 16.0. The van der Waals surface area contributed by atoms with Gasteiger partial charge in [-0.2, -0.15) is 13.2 Å². The van der Waals surface area contributed by atoms with Gasteiger partial charge in [-0.05, 0) is 20.9 Å². The lowest BCUT2D eigenvalue weighted by molar-refractivity contribution is -0.192. The van der Waals surface area contributed by atoms with Crippen LogP contribution >= 0.6 is 0 Å². The summed E-state index contributed by atoms with van der Waals surface area (Å²) >= 11 is 0. The number of carboxylic acid groups (broad SMARTS) is 1.